The number of carbonyl (C=O) groups is 1. The van der Waals surface area contributed by atoms with Gasteiger partial charge in [-0.3, -0.25) is 4.79 Å². The molecule has 0 aromatic carbocycles. The second-order valence-corrected chi connectivity index (χ2v) is 8.05. The highest BCUT2D eigenvalue weighted by Crippen LogP contribution is 2.25. The zero-order valence-electron chi connectivity index (χ0n) is 17.2. The molecule has 0 aliphatic heterocycles. The Hall–Kier alpha value is -0.530. The molecule has 0 rings (SSSR count). The molecule has 0 saturated heterocycles. The van der Waals surface area contributed by atoms with Crippen molar-refractivity contribution in [3.05, 3.63) is 0 Å². The number of hydrogen-bond donors (Lipinski definition) is 0. The van der Waals surface area contributed by atoms with Crippen LogP contribution >= 0.6 is 0 Å². The van der Waals surface area contributed by atoms with E-state index in [9.17, 15) is 4.79 Å². The molecular weight excluding hydrogens is 296 g/mol. The first-order chi connectivity index (χ1) is 11.5. The molecule has 0 heterocycles. The molecule has 0 saturated carbocycles. The van der Waals surface area contributed by atoms with E-state index in [0.717, 1.165) is 24.7 Å². The average molecular weight is 341 g/mol. The van der Waals surface area contributed by atoms with Crippen molar-refractivity contribution in [1.82, 2.24) is 0 Å². The van der Waals surface area contributed by atoms with Gasteiger partial charge in [-0.15, -0.1) is 0 Å². The predicted molar refractivity (Wildman–Crippen MR) is 105 cm³/mol. The van der Waals surface area contributed by atoms with E-state index in [2.05, 4.69) is 20.8 Å². The van der Waals surface area contributed by atoms with Crippen LogP contribution in [0.3, 0.4) is 0 Å². The molecule has 2 heteroatoms. The van der Waals surface area contributed by atoms with Crippen LogP contribution in [0.25, 0.3) is 0 Å². The second kappa shape index (κ2) is 16.0. The van der Waals surface area contributed by atoms with Crippen molar-refractivity contribution in [2.45, 2.75) is 124 Å². The van der Waals surface area contributed by atoms with Crippen LogP contribution < -0.4 is 0 Å². The number of rotatable bonds is 16. The van der Waals surface area contributed by atoms with E-state index in [1.165, 1.54) is 64.2 Å². The standard InChI is InChI=1S/C22H44O2/c1-6-7-8-10-13-16-21(19(2)3)17-14-11-9-12-15-18-22(23)24-20(4)5/h19-21H,6-18H2,1-5H3. The molecule has 1 unspecified atom stereocenters. The first-order valence-electron chi connectivity index (χ1n) is 10.7. The highest BCUT2D eigenvalue weighted by Gasteiger charge is 2.12. The quantitative estimate of drug-likeness (QED) is 0.217. The van der Waals surface area contributed by atoms with Crippen LogP contribution in [0.4, 0.5) is 0 Å². The topological polar surface area (TPSA) is 26.3 Å². The Bertz CT molecular complexity index is 284. The second-order valence-electron chi connectivity index (χ2n) is 8.05. The maximum Gasteiger partial charge on any atom is 0.306 e. The van der Waals surface area contributed by atoms with Crippen molar-refractivity contribution in [2.75, 3.05) is 0 Å². The van der Waals surface area contributed by atoms with Gasteiger partial charge in [0.05, 0.1) is 6.10 Å². The number of ether oxygens (including phenoxy) is 1. The predicted octanol–water partition coefficient (Wildman–Crippen LogP) is 7.30. The minimum atomic E-state index is -0.0343. The van der Waals surface area contributed by atoms with Crippen LogP contribution in [0, 0.1) is 11.8 Å². The molecule has 0 N–H and O–H groups in total. The minimum Gasteiger partial charge on any atom is -0.463 e. The molecule has 0 radical (unpaired) electrons. The molecule has 0 aliphatic carbocycles. The first kappa shape index (κ1) is 23.5. The maximum absolute atomic E-state index is 11.5. The summed E-state index contributed by atoms with van der Waals surface area (Å²) >= 11 is 0. The van der Waals surface area contributed by atoms with Gasteiger partial charge in [-0.1, -0.05) is 91.4 Å². The highest BCUT2D eigenvalue weighted by molar-refractivity contribution is 5.69. The van der Waals surface area contributed by atoms with Gasteiger partial charge in [0.25, 0.3) is 0 Å². The Morgan fingerprint density at radius 2 is 1.25 bits per heavy atom. The number of hydrogen-bond acceptors (Lipinski definition) is 2. The van der Waals surface area contributed by atoms with Crippen LogP contribution in [0.15, 0.2) is 0 Å². The first-order valence-corrected chi connectivity index (χ1v) is 10.7. The van der Waals surface area contributed by atoms with E-state index in [1.54, 1.807) is 0 Å². The molecule has 0 fully saturated rings. The van der Waals surface area contributed by atoms with Crippen molar-refractivity contribution in [1.29, 1.82) is 0 Å². The fourth-order valence-corrected chi connectivity index (χ4v) is 3.35. The van der Waals surface area contributed by atoms with Gasteiger partial charge >= 0.3 is 5.97 Å². The third-order valence-electron chi connectivity index (χ3n) is 4.94. The summed E-state index contributed by atoms with van der Waals surface area (Å²) in [6, 6.07) is 0. The Morgan fingerprint density at radius 3 is 1.75 bits per heavy atom. The van der Waals surface area contributed by atoms with Crippen LogP contribution in [0.2, 0.25) is 0 Å². The van der Waals surface area contributed by atoms with Crippen LogP contribution in [0.5, 0.6) is 0 Å². The third-order valence-corrected chi connectivity index (χ3v) is 4.94. The van der Waals surface area contributed by atoms with Gasteiger partial charge in [0, 0.05) is 6.42 Å². The lowest BCUT2D eigenvalue weighted by Gasteiger charge is -2.20. The summed E-state index contributed by atoms with van der Waals surface area (Å²) in [6.07, 6.45) is 16.5. The molecule has 1 atom stereocenters. The fraction of sp³-hybridized carbons (Fsp3) is 0.955. The van der Waals surface area contributed by atoms with E-state index < -0.39 is 0 Å². The van der Waals surface area contributed by atoms with Crippen molar-refractivity contribution in [3.8, 4) is 0 Å². The highest BCUT2D eigenvalue weighted by atomic mass is 16.5. The number of carbonyl (C=O) groups excluding carboxylic acids is 1. The van der Waals surface area contributed by atoms with Gasteiger partial charge in [-0.25, -0.2) is 0 Å². The number of unbranched alkanes of at least 4 members (excludes halogenated alkanes) is 8. The van der Waals surface area contributed by atoms with Gasteiger partial charge in [-0.2, -0.15) is 0 Å². The molecule has 0 aromatic rings. The van der Waals surface area contributed by atoms with Crippen LogP contribution in [0.1, 0.15) is 118 Å². The van der Waals surface area contributed by atoms with E-state index in [1.807, 2.05) is 13.8 Å². The smallest absolute Gasteiger partial charge is 0.306 e. The summed E-state index contributed by atoms with van der Waals surface area (Å²) in [6.45, 7) is 10.9. The Balaban J connectivity index is 3.58. The van der Waals surface area contributed by atoms with Crippen molar-refractivity contribution >= 4 is 5.97 Å². The zero-order valence-corrected chi connectivity index (χ0v) is 17.2. The van der Waals surface area contributed by atoms with E-state index in [-0.39, 0.29) is 12.1 Å². The third kappa shape index (κ3) is 15.0. The lowest BCUT2D eigenvalue weighted by molar-refractivity contribution is -0.147. The van der Waals surface area contributed by atoms with E-state index in [4.69, 9.17) is 4.74 Å². The van der Waals surface area contributed by atoms with Crippen molar-refractivity contribution in [3.63, 3.8) is 0 Å². The summed E-state index contributed by atoms with van der Waals surface area (Å²) in [5.74, 6) is 1.70. The van der Waals surface area contributed by atoms with Gasteiger partial charge in [0.1, 0.15) is 0 Å². The van der Waals surface area contributed by atoms with Gasteiger partial charge < -0.3 is 4.74 Å². The summed E-state index contributed by atoms with van der Waals surface area (Å²) in [5, 5.41) is 0. The zero-order chi connectivity index (χ0) is 18.2. The molecular formula is C22H44O2. The molecule has 2 nitrogen and oxygen atoms in total. The summed E-state index contributed by atoms with van der Waals surface area (Å²) in [7, 11) is 0. The maximum atomic E-state index is 11.5. The molecule has 24 heavy (non-hydrogen) atoms. The van der Waals surface area contributed by atoms with Crippen LogP contribution in [-0.2, 0) is 9.53 Å². The summed E-state index contributed by atoms with van der Waals surface area (Å²) in [4.78, 5) is 11.5. The van der Waals surface area contributed by atoms with E-state index in [0.29, 0.717) is 6.42 Å². The molecule has 0 spiro atoms. The Kier molecular flexibility index (Phi) is 15.6. The minimum absolute atomic E-state index is 0.0208. The molecule has 0 aromatic heterocycles. The van der Waals surface area contributed by atoms with Crippen LogP contribution in [-0.4, -0.2) is 12.1 Å². The largest absolute Gasteiger partial charge is 0.463 e. The molecule has 144 valence electrons. The fourth-order valence-electron chi connectivity index (χ4n) is 3.35. The number of esters is 1. The van der Waals surface area contributed by atoms with Gasteiger partial charge in [-0.05, 0) is 32.1 Å². The summed E-state index contributed by atoms with van der Waals surface area (Å²) < 4.78 is 5.16. The Labute approximate surface area is 152 Å². The summed E-state index contributed by atoms with van der Waals surface area (Å²) in [5.41, 5.74) is 0. The SMILES string of the molecule is CCCCCCCC(CCCCCCCC(=O)OC(C)C)C(C)C. The lowest BCUT2D eigenvalue weighted by Crippen LogP contribution is -2.10. The van der Waals surface area contributed by atoms with Crippen molar-refractivity contribution in [2.24, 2.45) is 11.8 Å². The monoisotopic (exact) mass is 340 g/mol. The molecule has 0 amide bonds. The van der Waals surface area contributed by atoms with E-state index >= 15 is 0 Å². The lowest BCUT2D eigenvalue weighted by atomic mass is 9.85. The normalized spacial score (nSPS) is 12.8. The van der Waals surface area contributed by atoms with Gasteiger partial charge in [0.15, 0.2) is 0 Å². The molecule has 0 aliphatic rings. The molecule has 0 bridgehead atoms. The Morgan fingerprint density at radius 1 is 0.750 bits per heavy atom. The van der Waals surface area contributed by atoms with Gasteiger partial charge in [0.2, 0.25) is 0 Å². The van der Waals surface area contributed by atoms with Crippen molar-refractivity contribution < 1.29 is 9.53 Å². The average Bonchev–Trinajstić information content (AvgIpc) is 2.50.